The van der Waals surface area contributed by atoms with Crippen molar-refractivity contribution in [2.24, 2.45) is 0 Å². The molecule has 35 heavy (non-hydrogen) atoms. The van der Waals surface area contributed by atoms with Crippen LogP contribution in [-0.4, -0.2) is 61.9 Å². The van der Waals surface area contributed by atoms with E-state index < -0.39 is 35.0 Å². The van der Waals surface area contributed by atoms with Crippen molar-refractivity contribution in [2.75, 3.05) is 19.8 Å². The number of esters is 3. The first-order valence-corrected chi connectivity index (χ1v) is 12.3. The minimum atomic E-state index is -0.948. The van der Waals surface area contributed by atoms with Crippen molar-refractivity contribution in [2.45, 2.75) is 76.6 Å². The van der Waals surface area contributed by atoms with Gasteiger partial charge in [0.25, 0.3) is 0 Å². The second-order valence-corrected chi connectivity index (χ2v) is 9.58. The van der Waals surface area contributed by atoms with E-state index in [0.29, 0.717) is 6.42 Å². The SMILES string of the molecule is CCCC(=O)OCCn1c(=O)n(CCOC(=O)CC(C)S)c(=O)n(CCOC(=O)CC(C)S)c1=O. The monoisotopic (exact) mass is 535 g/mol. The molecule has 0 saturated carbocycles. The maximum absolute atomic E-state index is 12.9. The van der Waals surface area contributed by atoms with Crippen molar-refractivity contribution in [3.05, 3.63) is 31.5 Å². The highest BCUT2D eigenvalue weighted by molar-refractivity contribution is 7.81. The molecule has 1 aromatic heterocycles. The molecule has 1 rings (SSSR count). The van der Waals surface area contributed by atoms with E-state index in [1.54, 1.807) is 20.8 Å². The molecule has 0 radical (unpaired) electrons. The summed E-state index contributed by atoms with van der Waals surface area (Å²) in [4.78, 5) is 73.6. The molecular weight excluding hydrogens is 502 g/mol. The molecule has 2 unspecified atom stereocenters. The van der Waals surface area contributed by atoms with Gasteiger partial charge < -0.3 is 14.2 Å². The zero-order valence-corrected chi connectivity index (χ0v) is 21.9. The summed E-state index contributed by atoms with van der Waals surface area (Å²) >= 11 is 8.20. The van der Waals surface area contributed by atoms with Crippen LogP contribution in [0.1, 0.15) is 46.5 Å². The molecule has 1 aromatic rings. The molecule has 0 N–H and O–H groups in total. The molecule has 0 amide bonds. The van der Waals surface area contributed by atoms with Crippen LogP contribution >= 0.6 is 25.3 Å². The van der Waals surface area contributed by atoms with Crippen molar-refractivity contribution in [3.63, 3.8) is 0 Å². The smallest absolute Gasteiger partial charge is 0.336 e. The Morgan fingerprint density at radius 1 is 0.686 bits per heavy atom. The lowest BCUT2D eigenvalue weighted by Crippen LogP contribution is -2.55. The van der Waals surface area contributed by atoms with Crippen LogP contribution in [0.5, 0.6) is 0 Å². The molecule has 0 aromatic carbocycles. The summed E-state index contributed by atoms with van der Waals surface area (Å²) in [7, 11) is 0. The molecule has 0 fully saturated rings. The predicted octanol–water partition coefficient (Wildman–Crippen LogP) is 0.0182. The van der Waals surface area contributed by atoms with E-state index in [-0.39, 0.29) is 69.2 Å². The third-order valence-corrected chi connectivity index (χ3v) is 4.86. The van der Waals surface area contributed by atoms with E-state index in [2.05, 4.69) is 25.3 Å². The Hall–Kier alpha value is -2.48. The summed E-state index contributed by atoms with van der Waals surface area (Å²) in [6, 6.07) is 0. The highest BCUT2D eigenvalue weighted by Crippen LogP contribution is 2.01. The Bertz CT molecular complexity index is 978. The Labute approximate surface area is 213 Å². The molecule has 198 valence electrons. The van der Waals surface area contributed by atoms with Gasteiger partial charge in [-0.1, -0.05) is 20.8 Å². The summed E-state index contributed by atoms with van der Waals surface area (Å²) in [5, 5.41) is -0.457. The minimum Gasteiger partial charge on any atom is -0.464 e. The normalized spacial score (nSPS) is 12.6. The van der Waals surface area contributed by atoms with Crippen LogP contribution in [0.25, 0.3) is 0 Å². The highest BCUT2D eigenvalue weighted by Gasteiger charge is 2.17. The van der Waals surface area contributed by atoms with Crippen LogP contribution in [0.3, 0.4) is 0 Å². The van der Waals surface area contributed by atoms with Gasteiger partial charge in [0.15, 0.2) is 0 Å². The maximum atomic E-state index is 12.9. The molecular formula is C21H33N3O9S2. The summed E-state index contributed by atoms with van der Waals surface area (Å²) in [5.74, 6) is -1.59. The fourth-order valence-electron chi connectivity index (χ4n) is 2.89. The standard InChI is InChI=1S/C21H33N3O9S2/c1-4-5-16(25)31-9-6-22-19(28)23(7-10-32-17(26)12-14(2)34)21(30)24(20(22)29)8-11-33-18(27)13-15(3)35/h14-15,34-35H,4-13H2,1-3H3. The lowest BCUT2D eigenvalue weighted by atomic mass is 10.3. The Morgan fingerprint density at radius 3 is 1.29 bits per heavy atom. The molecule has 0 saturated heterocycles. The van der Waals surface area contributed by atoms with Gasteiger partial charge in [0.05, 0.1) is 32.5 Å². The van der Waals surface area contributed by atoms with Crippen LogP contribution in [0, 0.1) is 0 Å². The van der Waals surface area contributed by atoms with Gasteiger partial charge in [-0.15, -0.1) is 0 Å². The van der Waals surface area contributed by atoms with Gasteiger partial charge in [-0.05, 0) is 6.42 Å². The van der Waals surface area contributed by atoms with E-state index in [4.69, 9.17) is 14.2 Å². The first kappa shape index (κ1) is 30.6. The molecule has 0 aliphatic carbocycles. The second kappa shape index (κ2) is 15.5. The van der Waals surface area contributed by atoms with Crippen LogP contribution in [-0.2, 0) is 48.2 Å². The van der Waals surface area contributed by atoms with Gasteiger partial charge in [-0.2, -0.15) is 25.3 Å². The Morgan fingerprint density at radius 2 is 1.00 bits per heavy atom. The number of thiol groups is 2. The summed E-state index contributed by atoms with van der Waals surface area (Å²) in [6.45, 7) is 3.49. The fourth-order valence-corrected chi connectivity index (χ4v) is 3.18. The first-order valence-electron chi connectivity index (χ1n) is 11.2. The van der Waals surface area contributed by atoms with E-state index in [1.807, 2.05) is 0 Å². The molecule has 2 atom stereocenters. The third-order valence-electron chi connectivity index (χ3n) is 4.50. The lowest BCUT2D eigenvalue weighted by molar-refractivity contribution is -0.144. The molecule has 0 aliphatic heterocycles. The molecule has 0 bridgehead atoms. The number of ether oxygens (including phenoxy) is 3. The van der Waals surface area contributed by atoms with Gasteiger partial charge in [-0.25, -0.2) is 28.1 Å². The lowest BCUT2D eigenvalue weighted by Gasteiger charge is -2.15. The van der Waals surface area contributed by atoms with Gasteiger partial charge in [0, 0.05) is 16.9 Å². The Balaban J connectivity index is 3.13. The minimum absolute atomic E-state index is 0.0428. The predicted molar refractivity (Wildman–Crippen MR) is 133 cm³/mol. The molecule has 14 heteroatoms. The van der Waals surface area contributed by atoms with Gasteiger partial charge in [0.1, 0.15) is 19.8 Å². The topological polar surface area (TPSA) is 145 Å². The van der Waals surface area contributed by atoms with Crippen molar-refractivity contribution < 1.29 is 28.6 Å². The number of hydrogen-bond donors (Lipinski definition) is 2. The zero-order valence-electron chi connectivity index (χ0n) is 20.1. The molecule has 12 nitrogen and oxygen atoms in total. The number of carbonyl (C=O) groups is 3. The fraction of sp³-hybridized carbons (Fsp3) is 0.714. The number of aromatic nitrogens is 3. The van der Waals surface area contributed by atoms with Crippen molar-refractivity contribution in [3.8, 4) is 0 Å². The van der Waals surface area contributed by atoms with Gasteiger partial charge >= 0.3 is 35.0 Å². The van der Waals surface area contributed by atoms with Crippen LogP contribution in [0.4, 0.5) is 0 Å². The van der Waals surface area contributed by atoms with Crippen molar-refractivity contribution in [1.82, 2.24) is 13.7 Å². The highest BCUT2D eigenvalue weighted by atomic mass is 32.1. The number of hydrogen-bond acceptors (Lipinski definition) is 11. The van der Waals surface area contributed by atoms with Crippen LogP contribution in [0.2, 0.25) is 0 Å². The summed E-state index contributed by atoms with van der Waals surface area (Å²) in [6.07, 6.45) is 0.847. The van der Waals surface area contributed by atoms with Gasteiger partial charge in [-0.3, -0.25) is 14.4 Å². The number of rotatable bonds is 15. The average molecular weight is 536 g/mol. The van der Waals surface area contributed by atoms with E-state index >= 15 is 0 Å². The number of nitrogens with zero attached hydrogens (tertiary/aromatic N) is 3. The molecule has 1 heterocycles. The van der Waals surface area contributed by atoms with Gasteiger partial charge in [0.2, 0.25) is 0 Å². The molecule has 0 aliphatic rings. The van der Waals surface area contributed by atoms with Crippen LogP contribution in [0.15, 0.2) is 14.4 Å². The van der Waals surface area contributed by atoms with E-state index in [0.717, 1.165) is 13.7 Å². The Kier molecular flexibility index (Phi) is 13.5. The quantitative estimate of drug-likeness (QED) is 0.180. The average Bonchev–Trinajstić information content (AvgIpc) is 2.74. The van der Waals surface area contributed by atoms with Crippen LogP contribution < -0.4 is 17.1 Å². The summed E-state index contributed by atoms with van der Waals surface area (Å²) < 4.78 is 17.3. The van der Waals surface area contributed by atoms with E-state index in [1.165, 1.54) is 0 Å². The van der Waals surface area contributed by atoms with Crippen molar-refractivity contribution in [1.29, 1.82) is 0 Å². The first-order chi connectivity index (χ1) is 16.5. The zero-order chi connectivity index (χ0) is 26.5. The van der Waals surface area contributed by atoms with E-state index in [9.17, 15) is 28.8 Å². The van der Waals surface area contributed by atoms with Crippen molar-refractivity contribution >= 4 is 43.2 Å². The largest absolute Gasteiger partial charge is 0.464 e. The second-order valence-electron chi connectivity index (χ2n) is 7.82. The number of carbonyl (C=O) groups excluding carboxylic acids is 3. The third kappa shape index (κ3) is 10.8. The maximum Gasteiger partial charge on any atom is 0.336 e. The molecule has 0 spiro atoms. The summed E-state index contributed by atoms with van der Waals surface area (Å²) in [5.41, 5.74) is -2.83.